The number of aryl methyl sites for hydroxylation is 2. The van der Waals surface area contributed by atoms with Crippen LogP contribution in [0.3, 0.4) is 0 Å². The van der Waals surface area contributed by atoms with E-state index in [1.54, 1.807) is 0 Å². The molecule has 0 saturated heterocycles. The summed E-state index contributed by atoms with van der Waals surface area (Å²) in [4.78, 5) is 5.84. The first kappa shape index (κ1) is 13.9. The lowest BCUT2D eigenvalue weighted by Gasteiger charge is -2.38. The van der Waals surface area contributed by atoms with Crippen molar-refractivity contribution in [2.24, 2.45) is 5.41 Å². The van der Waals surface area contributed by atoms with Crippen molar-refractivity contribution in [3.8, 4) is 0 Å². The maximum absolute atomic E-state index is 4.44. The number of rotatable bonds is 4. The topological polar surface area (TPSA) is 24.9 Å². The highest BCUT2D eigenvalue weighted by atomic mass is 35.5. The molecule has 1 fully saturated rings. The highest BCUT2D eigenvalue weighted by Gasteiger charge is 2.30. The third-order valence-electron chi connectivity index (χ3n) is 3.40. The summed E-state index contributed by atoms with van der Waals surface area (Å²) in [6, 6.07) is 0. The molecular weight excluding hydrogens is 240 g/mol. The van der Waals surface area contributed by atoms with Gasteiger partial charge in [-0.2, -0.15) is 0 Å². The maximum atomic E-state index is 4.44. The molecule has 1 heterocycles. The Bertz CT molecular complexity index is 345. The van der Waals surface area contributed by atoms with Crippen molar-refractivity contribution in [2.75, 3.05) is 6.54 Å². The van der Waals surface area contributed by atoms with Crippen molar-refractivity contribution in [1.29, 1.82) is 0 Å². The highest BCUT2D eigenvalue weighted by molar-refractivity contribution is 7.11. The Morgan fingerprint density at radius 3 is 2.50 bits per heavy atom. The molecule has 0 radical (unpaired) electrons. The molecule has 1 aromatic heterocycles. The minimum atomic E-state index is 0. The van der Waals surface area contributed by atoms with Crippen molar-refractivity contribution in [3.05, 3.63) is 15.6 Å². The van der Waals surface area contributed by atoms with E-state index in [0.29, 0.717) is 5.41 Å². The molecule has 2 nitrogen and oxygen atoms in total. The third kappa shape index (κ3) is 3.19. The first-order valence-corrected chi connectivity index (χ1v) is 6.54. The lowest BCUT2D eigenvalue weighted by Crippen LogP contribution is -2.36. The van der Waals surface area contributed by atoms with E-state index >= 15 is 0 Å². The summed E-state index contributed by atoms with van der Waals surface area (Å²) in [6.07, 6.45) is 4.19. The van der Waals surface area contributed by atoms with E-state index in [0.717, 1.165) is 13.1 Å². The molecule has 4 heteroatoms. The van der Waals surface area contributed by atoms with Gasteiger partial charge in [0.05, 0.1) is 10.7 Å². The van der Waals surface area contributed by atoms with E-state index in [1.807, 2.05) is 11.3 Å². The molecule has 0 unspecified atom stereocenters. The minimum absolute atomic E-state index is 0. The van der Waals surface area contributed by atoms with Crippen molar-refractivity contribution >= 4 is 23.7 Å². The first-order valence-electron chi connectivity index (χ1n) is 5.73. The Morgan fingerprint density at radius 1 is 1.38 bits per heavy atom. The van der Waals surface area contributed by atoms with Gasteiger partial charge in [-0.3, -0.25) is 0 Å². The van der Waals surface area contributed by atoms with Crippen LogP contribution >= 0.6 is 23.7 Å². The Hall–Kier alpha value is -0.120. The zero-order chi connectivity index (χ0) is 10.9. The second kappa shape index (κ2) is 5.48. The summed E-state index contributed by atoms with van der Waals surface area (Å²) in [5, 5.41) is 4.75. The molecular formula is C12H21ClN2S. The minimum Gasteiger partial charge on any atom is -0.311 e. The zero-order valence-corrected chi connectivity index (χ0v) is 11.9. The predicted octanol–water partition coefficient (Wildman–Crippen LogP) is 3.46. The Labute approximate surface area is 108 Å². The molecule has 0 atom stereocenters. The van der Waals surface area contributed by atoms with Crippen LogP contribution in [0.15, 0.2) is 0 Å². The van der Waals surface area contributed by atoms with E-state index < -0.39 is 0 Å². The lowest BCUT2D eigenvalue weighted by molar-refractivity contribution is 0.156. The summed E-state index contributed by atoms with van der Waals surface area (Å²) >= 11 is 1.82. The average molecular weight is 261 g/mol. The van der Waals surface area contributed by atoms with Crippen LogP contribution in [0, 0.1) is 19.3 Å². The molecule has 0 aliphatic heterocycles. The fourth-order valence-electron chi connectivity index (χ4n) is 2.17. The van der Waals surface area contributed by atoms with Crippen molar-refractivity contribution in [2.45, 2.75) is 46.6 Å². The summed E-state index contributed by atoms with van der Waals surface area (Å²) in [5.74, 6) is 0. The third-order valence-corrected chi connectivity index (χ3v) is 4.47. The van der Waals surface area contributed by atoms with Gasteiger partial charge in [-0.1, -0.05) is 13.3 Å². The van der Waals surface area contributed by atoms with Gasteiger partial charge in [0.1, 0.15) is 0 Å². The molecule has 1 N–H and O–H groups in total. The summed E-state index contributed by atoms with van der Waals surface area (Å²) < 4.78 is 0. The number of nitrogens with zero attached hydrogens (tertiary/aromatic N) is 1. The number of hydrogen-bond donors (Lipinski definition) is 1. The van der Waals surface area contributed by atoms with Crippen LogP contribution in [0.2, 0.25) is 0 Å². The van der Waals surface area contributed by atoms with E-state index in [1.165, 1.54) is 34.8 Å². The largest absolute Gasteiger partial charge is 0.311 e. The molecule has 92 valence electrons. The molecule has 16 heavy (non-hydrogen) atoms. The van der Waals surface area contributed by atoms with Crippen LogP contribution in [0.1, 0.15) is 41.8 Å². The van der Waals surface area contributed by atoms with Gasteiger partial charge < -0.3 is 5.32 Å². The smallest absolute Gasteiger partial charge is 0.0900 e. The number of halogens is 1. The summed E-state index contributed by atoms with van der Waals surface area (Å²) in [5.41, 5.74) is 1.77. The Morgan fingerprint density at radius 2 is 2.06 bits per heavy atom. The molecule has 1 aromatic rings. The molecule has 1 aliphatic rings. The lowest BCUT2D eigenvalue weighted by atomic mass is 9.70. The second-order valence-electron chi connectivity index (χ2n) is 5.01. The van der Waals surface area contributed by atoms with Gasteiger partial charge >= 0.3 is 0 Å². The molecule has 0 bridgehead atoms. The number of nitrogens with one attached hydrogen (secondary N) is 1. The molecule has 0 spiro atoms. The van der Waals surface area contributed by atoms with Gasteiger partial charge in [0.2, 0.25) is 0 Å². The van der Waals surface area contributed by atoms with Crippen LogP contribution in [0.5, 0.6) is 0 Å². The van der Waals surface area contributed by atoms with Crippen LogP contribution in [0.25, 0.3) is 0 Å². The van der Waals surface area contributed by atoms with Gasteiger partial charge in [0.15, 0.2) is 0 Å². The SMILES string of the molecule is Cc1nc(C)c(CNCC2(C)CCC2)s1.Cl. The van der Waals surface area contributed by atoms with Crippen LogP contribution in [-0.2, 0) is 6.54 Å². The predicted molar refractivity (Wildman–Crippen MR) is 72.5 cm³/mol. The zero-order valence-electron chi connectivity index (χ0n) is 10.3. The molecule has 1 aliphatic carbocycles. The van der Waals surface area contributed by atoms with Gasteiger partial charge in [0.25, 0.3) is 0 Å². The monoisotopic (exact) mass is 260 g/mol. The van der Waals surface area contributed by atoms with E-state index in [9.17, 15) is 0 Å². The maximum Gasteiger partial charge on any atom is 0.0900 e. The highest BCUT2D eigenvalue weighted by Crippen LogP contribution is 2.39. The van der Waals surface area contributed by atoms with Crippen LogP contribution in [-0.4, -0.2) is 11.5 Å². The standard InChI is InChI=1S/C12H20N2S.ClH/c1-9-11(15-10(2)14-9)7-13-8-12(3)5-4-6-12;/h13H,4-8H2,1-3H3;1H. The molecule has 0 aromatic carbocycles. The molecule has 1 saturated carbocycles. The normalized spacial score (nSPS) is 17.7. The summed E-state index contributed by atoms with van der Waals surface area (Å²) in [7, 11) is 0. The summed E-state index contributed by atoms with van der Waals surface area (Å²) in [6.45, 7) is 8.71. The average Bonchev–Trinajstić information content (AvgIpc) is 2.42. The quantitative estimate of drug-likeness (QED) is 0.897. The van der Waals surface area contributed by atoms with Crippen molar-refractivity contribution < 1.29 is 0 Å². The number of hydrogen-bond acceptors (Lipinski definition) is 3. The van der Waals surface area contributed by atoms with Gasteiger partial charge in [-0.15, -0.1) is 23.7 Å². The molecule has 0 amide bonds. The van der Waals surface area contributed by atoms with E-state index in [4.69, 9.17) is 0 Å². The van der Waals surface area contributed by atoms with Gasteiger partial charge in [0, 0.05) is 18.0 Å². The van der Waals surface area contributed by atoms with Gasteiger partial charge in [-0.25, -0.2) is 4.98 Å². The van der Waals surface area contributed by atoms with Crippen molar-refractivity contribution in [1.82, 2.24) is 10.3 Å². The Kier molecular flexibility index (Phi) is 4.77. The van der Waals surface area contributed by atoms with Gasteiger partial charge in [-0.05, 0) is 32.1 Å². The van der Waals surface area contributed by atoms with E-state index in [-0.39, 0.29) is 12.4 Å². The number of aromatic nitrogens is 1. The van der Waals surface area contributed by atoms with Crippen LogP contribution < -0.4 is 5.32 Å². The first-order chi connectivity index (χ1) is 7.09. The fourth-order valence-corrected chi connectivity index (χ4v) is 3.08. The fraction of sp³-hybridized carbons (Fsp3) is 0.750. The molecule has 2 rings (SSSR count). The second-order valence-corrected chi connectivity index (χ2v) is 6.30. The number of thiazole rings is 1. The van der Waals surface area contributed by atoms with E-state index in [2.05, 4.69) is 31.1 Å². The van der Waals surface area contributed by atoms with Crippen LogP contribution in [0.4, 0.5) is 0 Å². The Balaban J connectivity index is 0.00000128. The van der Waals surface area contributed by atoms with Crippen molar-refractivity contribution in [3.63, 3.8) is 0 Å².